The number of rotatable bonds is 7. The van der Waals surface area contributed by atoms with Crippen LogP contribution in [0.2, 0.25) is 0 Å². The highest BCUT2D eigenvalue weighted by Crippen LogP contribution is 2.08. The Balaban J connectivity index is 2.58. The zero-order valence-electron chi connectivity index (χ0n) is 11.9. The number of carbonyl (C=O) groups is 2. The molecule has 0 heterocycles. The van der Waals surface area contributed by atoms with Crippen LogP contribution in [0.1, 0.15) is 36.2 Å². The van der Waals surface area contributed by atoms with Gasteiger partial charge in [0.05, 0.1) is 18.8 Å². The predicted octanol–water partition coefficient (Wildman–Crippen LogP) is 1.69. The van der Waals surface area contributed by atoms with E-state index in [0.29, 0.717) is 25.2 Å². The second-order valence-electron chi connectivity index (χ2n) is 4.40. The summed E-state index contributed by atoms with van der Waals surface area (Å²) >= 11 is 0. The van der Waals surface area contributed by atoms with Crippen molar-refractivity contribution in [3.8, 4) is 0 Å². The maximum absolute atomic E-state index is 11.6. The summed E-state index contributed by atoms with van der Waals surface area (Å²) in [6, 6.07) is 6.19. The minimum atomic E-state index is -0.687. The monoisotopic (exact) mass is 279 g/mol. The van der Waals surface area contributed by atoms with E-state index in [2.05, 4.69) is 0 Å². The van der Waals surface area contributed by atoms with Gasteiger partial charge in [0.25, 0.3) is 0 Å². The van der Waals surface area contributed by atoms with Crippen LogP contribution < -0.4 is 5.73 Å². The molecule has 0 amide bonds. The third-order valence-electron chi connectivity index (χ3n) is 2.67. The van der Waals surface area contributed by atoms with Gasteiger partial charge in [-0.05, 0) is 37.5 Å². The first kappa shape index (κ1) is 16.2. The molecule has 0 spiro atoms. The molecule has 110 valence electrons. The van der Waals surface area contributed by atoms with Crippen LogP contribution in [0.25, 0.3) is 0 Å². The van der Waals surface area contributed by atoms with Crippen molar-refractivity contribution in [1.29, 1.82) is 0 Å². The molecule has 1 aromatic rings. The minimum Gasteiger partial charge on any atom is -0.465 e. The molecule has 0 saturated carbocycles. The molecule has 1 unspecified atom stereocenters. The molecular weight excluding hydrogens is 258 g/mol. The van der Waals surface area contributed by atoms with Gasteiger partial charge in [-0.2, -0.15) is 0 Å². The second kappa shape index (κ2) is 8.32. The van der Waals surface area contributed by atoms with Crippen molar-refractivity contribution < 1.29 is 19.1 Å². The third-order valence-corrected chi connectivity index (χ3v) is 2.67. The Morgan fingerprint density at radius 3 is 2.35 bits per heavy atom. The molecular formula is C15H21NO4. The zero-order valence-corrected chi connectivity index (χ0v) is 11.9. The van der Waals surface area contributed by atoms with Crippen LogP contribution in [0.3, 0.4) is 0 Å². The van der Waals surface area contributed by atoms with Crippen LogP contribution in [0.15, 0.2) is 24.3 Å². The minimum absolute atomic E-state index is 0.314. The summed E-state index contributed by atoms with van der Waals surface area (Å²) in [6.45, 7) is 4.40. The van der Waals surface area contributed by atoms with E-state index >= 15 is 0 Å². The van der Waals surface area contributed by atoms with Gasteiger partial charge in [-0.3, -0.25) is 4.79 Å². The van der Waals surface area contributed by atoms with Gasteiger partial charge in [-0.15, -0.1) is 0 Å². The normalized spacial score (nSPS) is 11.8. The lowest BCUT2D eigenvalue weighted by atomic mass is 10.0. The number of ether oxygens (including phenoxy) is 2. The lowest BCUT2D eigenvalue weighted by Gasteiger charge is -2.10. The highest BCUT2D eigenvalue weighted by Gasteiger charge is 2.15. The molecule has 20 heavy (non-hydrogen) atoms. The fourth-order valence-corrected chi connectivity index (χ4v) is 1.64. The summed E-state index contributed by atoms with van der Waals surface area (Å²) < 4.78 is 9.87. The standard InChI is InChI=1S/C15H21NO4/c1-3-9-20-14(17)12-7-5-11(6-8-12)10-13(16)15(18)19-4-2/h5-8,13H,3-4,9-10,16H2,1-2H3. The fourth-order valence-electron chi connectivity index (χ4n) is 1.64. The topological polar surface area (TPSA) is 78.6 Å². The molecule has 1 aromatic carbocycles. The molecule has 0 bridgehead atoms. The van der Waals surface area contributed by atoms with Gasteiger partial charge in [0, 0.05) is 0 Å². The average Bonchev–Trinajstić information content (AvgIpc) is 2.45. The van der Waals surface area contributed by atoms with Gasteiger partial charge in [-0.25, -0.2) is 4.79 Å². The molecule has 0 aromatic heterocycles. The molecule has 0 aliphatic carbocycles. The van der Waals surface area contributed by atoms with Crippen molar-refractivity contribution in [3.05, 3.63) is 35.4 Å². The summed E-state index contributed by atoms with van der Waals surface area (Å²) in [4.78, 5) is 23.0. The van der Waals surface area contributed by atoms with Crippen molar-refractivity contribution >= 4 is 11.9 Å². The Bertz CT molecular complexity index is 442. The van der Waals surface area contributed by atoms with Crippen molar-refractivity contribution in [1.82, 2.24) is 0 Å². The van der Waals surface area contributed by atoms with E-state index in [4.69, 9.17) is 15.2 Å². The van der Waals surface area contributed by atoms with Gasteiger partial charge >= 0.3 is 11.9 Å². The largest absolute Gasteiger partial charge is 0.465 e. The summed E-state index contributed by atoms with van der Waals surface area (Å²) in [5.74, 6) is -0.757. The van der Waals surface area contributed by atoms with Gasteiger partial charge in [0.2, 0.25) is 0 Å². The average molecular weight is 279 g/mol. The molecule has 5 nitrogen and oxygen atoms in total. The van der Waals surface area contributed by atoms with Crippen LogP contribution in [-0.4, -0.2) is 31.2 Å². The van der Waals surface area contributed by atoms with Crippen LogP contribution in [0.4, 0.5) is 0 Å². The smallest absolute Gasteiger partial charge is 0.338 e. The van der Waals surface area contributed by atoms with E-state index in [1.54, 1.807) is 31.2 Å². The molecule has 0 aliphatic rings. The van der Waals surface area contributed by atoms with Crippen molar-refractivity contribution in [2.75, 3.05) is 13.2 Å². The molecule has 0 radical (unpaired) electrons. The number of nitrogens with two attached hydrogens (primary N) is 1. The summed E-state index contributed by atoms with van der Waals surface area (Å²) in [7, 11) is 0. The Labute approximate surface area is 119 Å². The molecule has 1 atom stereocenters. The molecule has 1 rings (SSSR count). The van der Waals surface area contributed by atoms with Gasteiger partial charge < -0.3 is 15.2 Å². The first-order valence-electron chi connectivity index (χ1n) is 6.76. The van der Waals surface area contributed by atoms with Crippen LogP contribution in [0, 0.1) is 0 Å². The molecule has 5 heteroatoms. The summed E-state index contributed by atoms with van der Waals surface area (Å²) in [5, 5.41) is 0. The molecule has 0 fully saturated rings. The number of esters is 2. The highest BCUT2D eigenvalue weighted by atomic mass is 16.5. The van der Waals surface area contributed by atoms with E-state index < -0.39 is 12.0 Å². The predicted molar refractivity (Wildman–Crippen MR) is 75.3 cm³/mol. The van der Waals surface area contributed by atoms with Crippen molar-refractivity contribution in [2.45, 2.75) is 32.7 Å². The van der Waals surface area contributed by atoms with E-state index in [1.807, 2.05) is 6.92 Å². The Hall–Kier alpha value is -1.88. The third kappa shape index (κ3) is 5.01. The first-order valence-corrected chi connectivity index (χ1v) is 6.76. The van der Waals surface area contributed by atoms with Gasteiger partial charge in [0.15, 0.2) is 0 Å². The number of hydrogen-bond donors (Lipinski definition) is 1. The van der Waals surface area contributed by atoms with Crippen molar-refractivity contribution in [3.63, 3.8) is 0 Å². The first-order chi connectivity index (χ1) is 9.58. The number of benzene rings is 1. The van der Waals surface area contributed by atoms with E-state index in [-0.39, 0.29) is 5.97 Å². The maximum Gasteiger partial charge on any atom is 0.338 e. The van der Waals surface area contributed by atoms with Gasteiger partial charge in [0.1, 0.15) is 6.04 Å². The molecule has 0 saturated heterocycles. The zero-order chi connectivity index (χ0) is 15.0. The second-order valence-corrected chi connectivity index (χ2v) is 4.40. The van der Waals surface area contributed by atoms with Crippen molar-refractivity contribution in [2.24, 2.45) is 5.73 Å². The molecule has 2 N–H and O–H groups in total. The number of carbonyl (C=O) groups excluding carboxylic acids is 2. The van der Waals surface area contributed by atoms with Crippen LogP contribution >= 0.6 is 0 Å². The van der Waals surface area contributed by atoms with E-state index in [1.165, 1.54) is 0 Å². The lowest BCUT2D eigenvalue weighted by Crippen LogP contribution is -2.34. The highest BCUT2D eigenvalue weighted by molar-refractivity contribution is 5.89. The van der Waals surface area contributed by atoms with Crippen LogP contribution in [-0.2, 0) is 20.7 Å². The molecule has 0 aliphatic heterocycles. The maximum atomic E-state index is 11.6. The van der Waals surface area contributed by atoms with E-state index in [9.17, 15) is 9.59 Å². The fraction of sp³-hybridized carbons (Fsp3) is 0.467. The lowest BCUT2D eigenvalue weighted by molar-refractivity contribution is -0.144. The van der Waals surface area contributed by atoms with Crippen LogP contribution in [0.5, 0.6) is 0 Å². The van der Waals surface area contributed by atoms with E-state index in [0.717, 1.165) is 12.0 Å². The Kier molecular flexibility index (Phi) is 6.73. The van der Waals surface area contributed by atoms with Gasteiger partial charge in [-0.1, -0.05) is 19.1 Å². The quantitative estimate of drug-likeness (QED) is 0.768. The Morgan fingerprint density at radius 2 is 1.80 bits per heavy atom. The Morgan fingerprint density at radius 1 is 1.15 bits per heavy atom. The summed E-state index contributed by atoms with van der Waals surface area (Å²) in [5.41, 5.74) is 7.10. The number of hydrogen-bond acceptors (Lipinski definition) is 5. The summed E-state index contributed by atoms with van der Waals surface area (Å²) in [6.07, 6.45) is 1.17. The SMILES string of the molecule is CCCOC(=O)c1ccc(CC(N)C(=O)OCC)cc1.